The summed E-state index contributed by atoms with van der Waals surface area (Å²) in [5, 5.41) is 10.9. The maximum Gasteiger partial charge on any atom is 0.256 e. The molecule has 1 N–H and O–H groups in total. The highest BCUT2D eigenvalue weighted by Gasteiger charge is 2.43. The molecule has 1 saturated carbocycles. The summed E-state index contributed by atoms with van der Waals surface area (Å²) in [5.41, 5.74) is -0.575. The monoisotopic (exact) mass is 311 g/mol. The molecule has 21 heavy (non-hydrogen) atoms. The van der Waals surface area contributed by atoms with Crippen molar-refractivity contribution in [1.82, 2.24) is 4.90 Å². The van der Waals surface area contributed by atoms with Crippen LogP contribution < -0.4 is 0 Å². The lowest BCUT2D eigenvalue weighted by Gasteiger charge is -2.47. The number of carbonyl (C=O) groups excluding carboxylic acids is 1. The molecule has 1 heterocycles. The first-order valence-electron chi connectivity index (χ1n) is 7.46. The molecule has 2 aliphatic rings. The average molecular weight is 312 g/mol. The van der Waals surface area contributed by atoms with Crippen LogP contribution in [0, 0.1) is 11.7 Å². The number of carbonyl (C=O) groups is 1. The second kappa shape index (κ2) is 5.58. The van der Waals surface area contributed by atoms with Crippen molar-refractivity contribution in [2.45, 2.75) is 37.7 Å². The van der Waals surface area contributed by atoms with Crippen LogP contribution in [-0.2, 0) is 0 Å². The van der Waals surface area contributed by atoms with E-state index in [0.29, 0.717) is 19.5 Å². The molecule has 3 rings (SSSR count). The maximum atomic E-state index is 13.9. The minimum absolute atomic E-state index is 0.0562. The number of piperidine rings is 1. The van der Waals surface area contributed by atoms with E-state index in [9.17, 15) is 14.3 Å². The fraction of sp³-hybridized carbons (Fsp3) is 0.562. The quantitative estimate of drug-likeness (QED) is 0.865. The SMILES string of the molecule is O=C(c1ccc(Cl)cc1F)N1CCC2(O)CCCCC2C1. The minimum Gasteiger partial charge on any atom is -0.389 e. The topological polar surface area (TPSA) is 40.5 Å². The van der Waals surface area contributed by atoms with Gasteiger partial charge in [-0.05, 0) is 37.5 Å². The van der Waals surface area contributed by atoms with Gasteiger partial charge in [0.1, 0.15) is 5.82 Å². The molecule has 5 heteroatoms. The Hall–Kier alpha value is -1.13. The van der Waals surface area contributed by atoms with E-state index < -0.39 is 11.4 Å². The third-order valence-corrected chi connectivity index (χ3v) is 5.11. The lowest BCUT2D eigenvalue weighted by Crippen LogP contribution is -2.54. The van der Waals surface area contributed by atoms with Crippen molar-refractivity contribution in [2.75, 3.05) is 13.1 Å². The number of fused-ring (bicyclic) bond motifs is 1. The van der Waals surface area contributed by atoms with Gasteiger partial charge in [0.05, 0.1) is 11.2 Å². The summed E-state index contributed by atoms with van der Waals surface area (Å²) in [6.45, 7) is 0.991. The van der Waals surface area contributed by atoms with Crippen molar-refractivity contribution in [2.24, 2.45) is 5.92 Å². The highest BCUT2D eigenvalue weighted by Crippen LogP contribution is 2.40. The lowest BCUT2D eigenvalue weighted by atomic mass is 9.71. The highest BCUT2D eigenvalue weighted by atomic mass is 35.5. The molecule has 1 aliphatic carbocycles. The largest absolute Gasteiger partial charge is 0.389 e. The van der Waals surface area contributed by atoms with Crippen molar-refractivity contribution < 1.29 is 14.3 Å². The summed E-state index contributed by atoms with van der Waals surface area (Å²) in [5.74, 6) is -0.784. The number of hydrogen-bond donors (Lipinski definition) is 1. The van der Waals surface area contributed by atoms with Gasteiger partial charge >= 0.3 is 0 Å². The molecule has 0 spiro atoms. The Morgan fingerprint density at radius 1 is 1.38 bits per heavy atom. The summed E-state index contributed by atoms with van der Waals surface area (Å²) in [6, 6.07) is 4.12. The van der Waals surface area contributed by atoms with Gasteiger partial charge in [-0.2, -0.15) is 0 Å². The van der Waals surface area contributed by atoms with E-state index in [4.69, 9.17) is 11.6 Å². The molecule has 2 unspecified atom stereocenters. The van der Waals surface area contributed by atoms with E-state index in [1.165, 1.54) is 12.1 Å². The van der Waals surface area contributed by atoms with Crippen LogP contribution in [0.5, 0.6) is 0 Å². The molecule has 2 fully saturated rings. The van der Waals surface area contributed by atoms with Crippen LogP contribution in [0.3, 0.4) is 0 Å². The Kier molecular flexibility index (Phi) is 3.93. The third-order valence-electron chi connectivity index (χ3n) is 4.88. The number of amides is 1. The van der Waals surface area contributed by atoms with Crippen LogP contribution in [-0.4, -0.2) is 34.6 Å². The third kappa shape index (κ3) is 2.79. The van der Waals surface area contributed by atoms with E-state index >= 15 is 0 Å². The van der Waals surface area contributed by atoms with Crippen LogP contribution in [0.2, 0.25) is 5.02 Å². The average Bonchev–Trinajstić information content (AvgIpc) is 2.45. The standard InChI is InChI=1S/C16H19ClFNO2/c17-12-4-5-13(14(18)9-12)15(20)19-8-7-16(21)6-2-1-3-11(16)10-19/h4-5,9,11,21H,1-3,6-8,10H2. The number of halogens is 2. The molecule has 1 aromatic rings. The molecule has 0 bridgehead atoms. The van der Waals surface area contributed by atoms with Gasteiger partial charge in [0.25, 0.3) is 5.91 Å². The Labute approximate surface area is 128 Å². The summed E-state index contributed by atoms with van der Waals surface area (Å²) >= 11 is 5.72. The Morgan fingerprint density at radius 2 is 2.19 bits per heavy atom. The zero-order valence-corrected chi connectivity index (χ0v) is 12.6. The van der Waals surface area contributed by atoms with Crippen molar-refractivity contribution >= 4 is 17.5 Å². The summed E-state index contributed by atoms with van der Waals surface area (Å²) in [6.07, 6.45) is 4.47. The second-order valence-electron chi connectivity index (χ2n) is 6.17. The first-order valence-corrected chi connectivity index (χ1v) is 7.84. The number of aliphatic hydroxyl groups is 1. The van der Waals surface area contributed by atoms with Gasteiger partial charge < -0.3 is 10.0 Å². The molecule has 1 aliphatic heterocycles. The van der Waals surface area contributed by atoms with E-state index in [-0.39, 0.29) is 22.4 Å². The van der Waals surface area contributed by atoms with Crippen molar-refractivity contribution in [1.29, 1.82) is 0 Å². The van der Waals surface area contributed by atoms with Gasteiger partial charge in [-0.1, -0.05) is 24.4 Å². The molecular formula is C16H19ClFNO2. The van der Waals surface area contributed by atoms with Gasteiger partial charge in [-0.15, -0.1) is 0 Å². The molecule has 0 radical (unpaired) electrons. The Morgan fingerprint density at radius 3 is 2.95 bits per heavy atom. The fourth-order valence-corrected chi connectivity index (χ4v) is 3.75. The van der Waals surface area contributed by atoms with E-state index in [0.717, 1.165) is 31.7 Å². The predicted octanol–water partition coefficient (Wildman–Crippen LogP) is 3.25. The Balaban J connectivity index is 1.77. The molecule has 114 valence electrons. The maximum absolute atomic E-state index is 13.9. The van der Waals surface area contributed by atoms with Gasteiger partial charge in [-0.25, -0.2) is 4.39 Å². The normalized spacial score (nSPS) is 29.1. The highest BCUT2D eigenvalue weighted by molar-refractivity contribution is 6.30. The molecule has 3 nitrogen and oxygen atoms in total. The van der Waals surface area contributed by atoms with Crippen molar-refractivity contribution in [3.05, 3.63) is 34.6 Å². The first kappa shape index (κ1) is 14.8. The van der Waals surface area contributed by atoms with Crippen LogP contribution in [0.1, 0.15) is 42.5 Å². The van der Waals surface area contributed by atoms with Crippen LogP contribution in [0.25, 0.3) is 0 Å². The van der Waals surface area contributed by atoms with E-state index in [2.05, 4.69) is 0 Å². The Bertz CT molecular complexity index is 565. The number of rotatable bonds is 1. The van der Waals surface area contributed by atoms with Gasteiger partial charge in [-0.3, -0.25) is 4.79 Å². The molecule has 1 saturated heterocycles. The predicted molar refractivity (Wildman–Crippen MR) is 78.8 cm³/mol. The minimum atomic E-state index is -0.631. The van der Waals surface area contributed by atoms with Crippen LogP contribution in [0.4, 0.5) is 4.39 Å². The van der Waals surface area contributed by atoms with Gasteiger partial charge in [0, 0.05) is 24.0 Å². The van der Waals surface area contributed by atoms with Gasteiger partial charge in [0.2, 0.25) is 0 Å². The number of nitrogens with zero attached hydrogens (tertiary/aromatic N) is 1. The van der Waals surface area contributed by atoms with Crippen LogP contribution in [0.15, 0.2) is 18.2 Å². The zero-order valence-electron chi connectivity index (χ0n) is 11.8. The number of likely N-dealkylation sites (tertiary alicyclic amines) is 1. The summed E-state index contributed by atoms with van der Waals surface area (Å²) in [4.78, 5) is 14.1. The fourth-order valence-electron chi connectivity index (χ4n) is 3.59. The molecule has 2 atom stereocenters. The smallest absolute Gasteiger partial charge is 0.256 e. The second-order valence-corrected chi connectivity index (χ2v) is 6.61. The van der Waals surface area contributed by atoms with Crippen molar-refractivity contribution in [3.63, 3.8) is 0 Å². The first-order chi connectivity index (χ1) is 9.99. The van der Waals surface area contributed by atoms with Crippen LogP contribution >= 0.6 is 11.6 Å². The summed E-state index contributed by atoms with van der Waals surface area (Å²) < 4.78 is 13.9. The molecule has 1 aromatic carbocycles. The number of benzene rings is 1. The van der Waals surface area contributed by atoms with Crippen molar-refractivity contribution in [3.8, 4) is 0 Å². The number of hydrogen-bond acceptors (Lipinski definition) is 2. The molecule has 0 aromatic heterocycles. The zero-order chi connectivity index (χ0) is 15.0. The summed E-state index contributed by atoms with van der Waals surface area (Å²) in [7, 11) is 0. The molecular weight excluding hydrogens is 293 g/mol. The van der Waals surface area contributed by atoms with Gasteiger partial charge in [0.15, 0.2) is 0 Å². The van der Waals surface area contributed by atoms with E-state index in [1.54, 1.807) is 4.90 Å². The lowest BCUT2D eigenvalue weighted by molar-refractivity contribution is -0.0886. The molecule has 1 amide bonds. The van der Waals surface area contributed by atoms with E-state index in [1.807, 2.05) is 0 Å².